The van der Waals surface area contributed by atoms with Gasteiger partial charge in [-0.2, -0.15) is 0 Å². The highest BCUT2D eigenvalue weighted by atomic mass is 35.5. The fourth-order valence-corrected chi connectivity index (χ4v) is 4.62. The third-order valence-corrected chi connectivity index (χ3v) is 6.45. The molecule has 3 aromatic carbocycles. The van der Waals surface area contributed by atoms with Crippen molar-refractivity contribution in [1.29, 1.82) is 0 Å². The van der Waals surface area contributed by atoms with Crippen LogP contribution in [0.15, 0.2) is 82.7 Å². The molecule has 1 aliphatic heterocycles. The summed E-state index contributed by atoms with van der Waals surface area (Å²) in [5, 5.41) is 3.27. The Morgan fingerprint density at radius 2 is 1.89 bits per heavy atom. The Kier molecular flexibility index (Phi) is 8.95. The number of amides is 2. The van der Waals surface area contributed by atoms with E-state index in [1.807, 2.05) is 30.3 Å². The number of amidine groups is 1. The van der Waals surface area contributed by atoms with Crippen LogP contribution in [0.4, 0.5) is 15.8 Å². The maximum atomic E-state index is 13.7. The van der Waals surface area contributed by atoms with Gasteiger partial charge < -0.3 is 14.8 Å². The number of halogens is 2. The van der Waals surface area contributed by atoms with Crippen LogP contribution in [0, 0.1) is 5.82 Å². The van der Waals surface area contributed by atoms with Crippen LogP contribution in [0.3, 0.4) is 0 Å². The number of hydrogen-bond acceptors (Lipinski definition) is 6. The molecule has 3 aromatic rings. The summed E-state index contributed by atoms with van der Waals surface area (Å²) in [6, 6.07) is 20.2. The lowest BCUT2D eigenvalue weighted by atomic mass is 10.2. The lowest BCUT2D eigenvalue weighted by molar-refractivity contribution is -0.122. The van der Waals surface area contributed by atoms with E-state index in [2.05, 4.69) is 10.3 Å². The van der Waals surface area contributed by atoms with Crippen LogP contribution in [0.2, 0.25) is 5.02 Å². The minimum atomic E-state index is -0.539. The summed E-state index contributed by atoms with van der Waals surface area (Å²) in [5.41, 5.74) is 1.49. The Morgan fingerprint density at radius 1 is 1.14 bits per heavy atom. The van der Waals surface area contributed by atoms with Gasteiger partial charge in [-0.25, -0.2) is 9.38 Å². The van der Waals surface area contributed by atoms with Gasteiger partial charge in [-0.1, -0.05) is 48.0 Å². The molecule has 1 N–H and O–H groups in total. The molecule has 4 rings (SSSR count). The van der Waals surface area contributed by atoms with Crippen LogP contribution < -0.4 is 10.1 Å². The third kappa shape index (κ3) is 6.97. The molecule has 0 radical (unpaired) electrons. The largest absolute Gasteiger partial charge is 0.482 e. The molecule has 2 amide bonds. The highest BCUT2D eigenvalue weighted by Gasteiger charge is 2.33. The first-order valence-corrected chi connectivity index (χ1v) is 12.4. The summed E-state index contributed by atoms with van der Waals surface area (Å²) in [6.07, 6.45) is 1.72. The Morgan fingerprint density at radius 3 is 2.62 bits per heavy atom. The molecule has 1 heterocycles. The highest BCUT2D eigenvalue weighted by molar-refractivity contribution is 8.18. The number of benzene rings is 3. The van der Waals surface area contributed by atoms with E-state index in [1.165, 1.54) is 30.0 Å². The van der Waals surface area contributed by atoms with Crippen molar-refractivity contribution in [3.8, 4) is 5.75 Å². The van der Waals surface area contributed by atoms with Gasteiger partial charge in [-0.15, -0.1) is 0 Å². The summed E-state index contributed by atoms with van der Waals surface area (Å²) in [4.78, 5) is 31.9. The van der Waals surface area contributed by atoms with Crippen molar-refractivity contribution in [3.05, 3.63) is 94.1 Å². The van der Waals surface area contributed by atoms with Gasteiger partial charge in [0.2, 0.25) is 0 Å². The number of anilines is 1. The number of methoxy groups -OCH3 is 1. The molecule has 0 unspecified atom stereocenters. The Labute approximate surface area is 222 Å². The maximum Gasteiger partial charge on any atom is 0.266 e. The highest BCUT2D eigenvalue weighted by Crippen LogP contribution is 2.35. The van der Waals surface area contributed by atoms with Gasteiger partial charge in [0.1, 0.15) is 11.6 Å². The number of carbonyl (C=O) groups is 2. The second kappa shape index (κ2) is 12.5. The van der Waals surface area contributed by atoms with Gasteiger partial charge >= 0.3 is 0 Å². The van der Waals surface area contributed by atoms with Gasteiger partial charge in [0.05, 0.1) is 34.5 Å². The van der Waals surface area contributed by atoms with Gasteiger partial charge in [-0.05, 0) is 59.8 Å². The lowest BCUT2D eigenvalue weighted by Gasteiger charge is -2.14. The summed E-state index contributed by atoms with van der Waals surface area (Å²) < 4.78 is 24.4. The number of carbonyl (C=O) groups excluding carboxylic acids is 2. The van der Waals surface area contributed by atoms with Crippen molar-refractivity contribution in [3.63, 3.8) is 0 Å². The Hall–Kier alpha value is -3.66. The number of rotatable bonds is 9. The number of nitrogens with one attached hydrogen (secondary N) is 1. The van der Waals surface area contributed by atoms with E-state index < -0.39 is 11.7 Å². The minimum absolute atomic E-state index is 0.0672. The SMILES string of the molecule is COCCN1C(=O)/C(=C/c2ccc(OCC(=O)Nc3ccccc3F)c(Cl)c2)SC1=Nc1ccccc1. The summed E-state index contributed by atoms with van der Waals surface area (Å²) in [6.45, 7) is 0.389. The molecule has 0 saturated carbocycles. The molecule has 1 saturated heterocycles. The van der Waals surface area contributed by atoms with E-state index in [1.54, 1.807) is 42.4 Å². The number of thioether (sulfide) groups is 1. The minimum Gasteiger partial charge on any atom is -0.482 e. The number of aliphatic imine (C=N–C) groups is 1. The number of para-hydroxylation sites is 2. The molecule has 0 aromatic heterocycles. The molecule has 0 bridgehead atoms. The van der Waals surface area contributed by atoms with E-state index in [4.69, 9.17) is 21.1 Å². The first-order valence-electron chi connectivity index (χ1n) is 11.3. The molecule has 37 heavy (non-hydrogen) atoms. The predicted molar refractivity (Wildman–Crippen MR) is 145 cm³/mol. The van der Waals surface area contributed by atoms with Crippen molar-refractivity contribution in [2.75, 3.05) is 32.2 Å². The lowest BCUT2D eigenvalue weighted by Crippen LogP contribution is -2.32. The first-order chi connectivity index (χ1) is 17.9. The molecule has 1 aliphatic rings. The topological polar surface area (TPSA) is 80.2 Å². The van der Waals surface area contributed by atoms with Crippen molar-refractivity contribution in [1.82, 2.24) is 4.90 Å². The van der Waals surface area contributed by atoms with E-state index in [0.29, 0.717) is 28.8 Å². The van der Waals surface area contributed by atoms with Crippen molar-refractivity contribution in [2.24, 2.45) is 4.99 Å². The van der Waals surface area contributed by atoms with E-state index >= 15 is 0 Å². The van der Waals surface area contributed by atoms with Gasteiger partial charge in [0.15, 0.2) is 11.8 Å². The predicted octanol–water partition coefficient (Wildman–Crippen LogP) is 5.75. The van der Waals surface area contributed by atoms with E-state index in [9.17, 15) is 14.0 Å². The van der Waals surface area contributed by atoms with Crippen LogP contribution in [0.5, 0.6) is 5.75 Å². The zero-order valence-corrected chi connectivity index (χ0v) is 21.4. The quantitative estimate of drug-likeness (QED) is 0.350. The molecule has 10 heteroatoms. The van der Waals surface area contributed by atoms with Crippen LogP contribution in [0.25, 0.3) is 6.08 Å². The monoisotopic (exact) mass is 539 g/mol. The van der Waals surface area contributed by atoms with E-state index in [0.717, 1.165) is 5.69 Å². The second-order valence-electron chi connectivity index (χ2n) is 7.80. The zero-order chi connectivity index (χ0) is 26.2. The molecule has 1 fully saturated rings. The molecule has 0 spiro atoms. The average molecular weight is 540 g/mol. The van der Waals surface area contributed by atoms with Crippen LogP contribution in [-0.2, 0) is 14.3 Å². The summed E-state index contributed by atoms with van der Waals surface area (Å²) in [7, 11) is 1.58. The van der Waals surface area contributed by atoms with Crippen LogP contribution in [0.1, 0.15) is 5.56 Å². The Balaban J connectivity index is 1.45. The maximum absolute atomic E-state index is 13.7. The standard InChI is InChI=1S/C27H23ClFN3O4S/c1-35-14-13-32-26(34)24(37-27(32)30-19-7-3-2-4-8-19)16-18-11-12-23(20(28)15-18)36-17-25(33)31-22-10-6-5-9-21(22)29/h2-12,15-16H,13-14,17H2,1H3,(H,31,33)/b24-16-,30-27?. The molecule has 190 valence electrons. The van der Waals surface area contributed by atoms with Crippen LogP contribution in [-0.4, -0.2) is 48.8 Å². The van der Waals surface area contributed by atoms with Gasteiger partial charge in [0, 0.05) is 7.11 Å². The van der Waals surface area contributed by atoms with E-state index in [-0.39, 0.29) is 29.0 Å². The molecular weight excluding hydrogens is 517 g/mol. The first kappa shape index (κ1) is 26.4. The summed E-state index contributed by atoms with van der Waals surface area (Å²) >= 11 is 7.63. The van der Waals surface area contributed by atoms with Gasteiger partial charge in [0.25, 0.3) is 11.8 Å². The normalized spacial score (nSPS) is 15.4. The average Bonchev–Trinajstić information content (AvgIpc) is 3.17. The second-order valence-corrected chi connectivity index (χ2v) is 9.21. The van der Waals surface area contributed by atoms with Crippen molar-refractivity contribution >= 4 is 57.8 Å². The smallest absolute Gasteiger partial charge is 0.266 e. The van der Waals surface area contributed by atoms with Crippen LogP contribution >= 0.6 is 23.4 Å². The van der Waals surface area contributed by atoms with Crippen molar-refractivity contribution < 1.29 is 23.5 Å². The molecule has 7 nitrogen and oxygen atoms in total. The number of ether oxygens (including phenoxy) is 2. The number of nitrogens with zero attached hydrogens (tertiary/aromatic N) is 2. The van der Waals surface area contributed by atoms with Gasteiger partial charge in [-0.3, -0.25) is 14.5 Å². The third-order valence-electron chi connectivity index (χ3n) is 5.15. The molecule has 0 atom stereocenters. The summed E-state index contributed by atoms with van der Waals surface area (Å²) in [5.74, 6) is -0.964. The Bertz CT molecular complexity index is 1350. The molecule has 0 aliphatic carbocycles. The molecular formula is C27H23ClFN3O4S. The van der Waals surface area contributed by atoms with Crippen molar-refractivity contribution in [2.45, 2.75) is 0 Å². The zero-order valence-electron chi connectivity index (χ0n) is 19.8. The fraction of sp³-hybridized carbons (Fsp3) is 0.148. The fourth-order valence-electron chi connectivity index (χ4n) is 3.35. The number of hydrogen-bond donors (Lipinski definition) is 1.